The van der Waals surface area contributed by atoms with Gasteiger partial charge in [-0.1, -0.05) is 18.2 Å². The molecule has 0 bridgehead atoms. The Labute approximate surface area is 179 Å². The zero-order valence-corrected chi connectivity index (χ0v) is 17.5. The predicted octanol–water partition coefficient (Wildman–Crippen LogP) is 3.13. The fourth-order valence-corrected chi connectivity index (χ4v) is 4.88. The molecule has 30 heavy (non-hydrogen) atoms. The molecular weight excluding hydrogens is 396 g/mol. The van der Waals surface area contributed by atoms with Gasteiger partial charge in [-0.05, 0) is 54.7 Å². The van der Waals surface area contributed by atoms with Gasteiger partial charge in [0.1, 0.15) is 0 Å². The molecule has 2 aliphatic rings. The minimum Gasteiger partial charge on any atom is -0.338 e. The number of amides is 2. The first-order valence-electron chi connectivity index (χ1n) is 10.3. The second-order valence-corrected chi connectivity index (χ2v) is 9.09. The van der Waals surface area contributed by atoms with Gasteiger partial charge in [-0.3, -0.25) is 9.59 Å². The summed E-state index contributed by atoms with van der Waals surface area (Å²) in [5.41, 5.74) is 11.2. The molecule has 154 valence electrons. The van der Waals surface area contributed by atoms with E-state index in [9.17, 15) is 9.59 Å². The van der Waals surface area contributed by atoms with Crippen LogP contribution in [0.3, 0.4) is 0 Å². The number of carbonyl (C=O) groups is 2. The molecule has 2 heterocycles. The molecule has 2 N–H and O–H groups in total. The van der Waals surface area contributed by atoms with E-state index in [0.717, 1.165) is 35.9 Å². The molecule has 0 atom stereocenters. The van der Waals surface area contributed by atoms with Crippen LogP contribution in [0.25, 0.3) is 21.3 Å². The standard InChI is InChI=1S/C23H24N4O2S/c24-23(8-1-9-23)22(29)27-12-10-26(11-13-27)21(28)17-4-2-16(3-5-17)18-6-7-20-19(14-18)25-15-30-20/h2-7,14-15H,1,8-13,24H2. The third kappa shape index (κ3) is 3.38. The zero-order chi connectivity index (χ0) is 20.7. The molecule has 1 aliphatic carbocycles. The van der Waals surface area contributed by atoms with Crippen molar-refractivity contribution in [2.45, 2.75) is 24.8 Å². The maximum Gasteiger partial charge on any atom is 0.253 e. The van der Waals surface area contributed by atoms with Crippen LogP contribution in [0.1, 0.15) is 29.6 Å². The molecule has 1 saturated carbocycles. The molecule has 2 amide bonds. The second kappa shape index (κ2) is 7.49. The van der Waals surface area contributed by atoms with Crippen LogP contribution < -0.4 is 5.73 Å². The van der Waals surface area contributed by atoms with Crippen molar-refractivity contribution in [2.75, 3.05) is 26.2 Å². The van der Waals surface area contributed by atoms with Gasteiger partial charge in [0.2, 0.25) is 5.91 Å². The van der Waals surface area contributed by atoms with Crippen molar-refractivity contribution in [3.8, 4) is 11.1 Å². The van der Waals surface area contributed by atoms with Crippen molar-refractivity contribution in [1.82, 2.24) is 14.8 Å². The van der Waals surface area contributed by atoms with Crippen molar-refractivity contribution < 1.29 is 9.59 Å². The number of nitrogens with two attached hydrogens (primary N) is 1. The van der Waals surface area contributed by atoms with Crippen molar-refractivity contribution in [2.24, 2.45) is 5.73 Å². The minimum atomic E-state index is -0.663. The van der Waals surface area contributed by atoms with Gasteiger partial charge in [-0.2, -0.15) is 0 Å². The normalized spacial score (nSPS) is 18.3. The number of aromatic nitrogens is 1. The van der Waals surface area contributed by atoms with E-state index in [2.05, 4.69) is 23.2 Å². The first-order chi connectivity index (χ1) is 14.5. The Bertz CT molecular complexity index is 1100. The van der Waals surface area contributed by atoms with Gasteiger partial charge in [-0.15, -0.1) is 11.3 Å². The van der Waals surface area contributed by atoms with Crippen LogP contribution in [0, 0.1) is 0 Å². The first-order valence-corrected chi connectivity index (χ1v) is 11.2. The number of carbonyl (C=O) groups excluding carboxylic acids is 2. The summed E-state index contributed by atoms with van der Waals surface area (Å²) in [6.07, 6.45) is 2.56. The predicted molar refractivity (Wildman–Crippen MR) is 118 cm³/mol. The van der Waals surface area contributed by atoms with Crippen molar-refractivity contribution in [3.63, 3.8) is 0 Å². The fourth-order valence-electron chi connectivity index (χ4n) is 4.22. The van der Waals surface area contributed by atoms with Crippen LogP contribution in [0.15, 0.2) is 48.0 Å². The molecule has 1 saturated heterocycles. The fraction of sp³-hybridized carbons (Fsp3) is 0.348. The summed E-state index contributed by atoms with van der Waals surface area (Å²) >= 11 is 1.63. The third-order valence-corrected chi connectivity index (χ3v) is 7.13. The molecule has 1 aromatic heterocycles. The van der Waals surface area contributed by atoms with Crippen molar-refractivity contribution in [1.29, 1.82) is 0 Å². The van der Waals surface area contributed by atoms with Crippen LogP contribution in [-0.4, -0.2) is 58.3 Å². The molecule has 0 unspecified atom stereocenters. The molecule has 0 radical (unpaired) electrons. The monoisotopic (exact) mass is 420 g/mol. The average Bonchev–Trinajstić information content (AvgIpc) is 3.24. The van der Waals surface area contributed by atoms with Gasteiger partial charge in [-0.25, -0.2) is 4.98 Å². The summed E-state index contributed by atoms with van der Waals surface area (Å²) in [6.45, 7) is 2.19. The van der Waals surface area contributed by atoms with Gasteiger partial charge in [0.25, 0.3) is 5.91 Å². The van der Waals surface area contributed by atoms with Gasteiger partial charge in [0, 0.05) is 31.7 Å². The summed E-state index contributed by atoms with van der Waals surface area (Å²) in [4.78, 5) is 33.5. The number of benzene rings is 2. The Morgan fingerprint density at radius 3 is 2.27 bits per heavy atom. The smallest absolute Gasteiger partial charge is 0.253 e. The van der Waals surface area contributed by atoms with Crippen LogP contribution in [0.5, 0.6) is 0 Å². The quantitative estimate of drug-likeness (QED) is 0.706. The van der Waals surface area contributed by atoms with E-state index in [-0.39, 0.29) is 11.8 Å². The molecule has 6 nitrogen and oxygen atoms in total. The largest absolute Gasteiger partial charge is 0.338 e. The summed E-state index contributed by atoms with van der Waals surface area (Å²) in [6, 6.07) is 14.0. The van der Waals surface area contributed by atoms with Crippen LogP contribution in [0.2, 0.25) is 0 Å². The van der Waals surface area contributed by atoms with Gasteiger partial charge >= 0.3 is 0 Å². The number of fused-ring (bicyclic) bond motifs is 1. The number of rotatable bonds is 3. The van der Waals surface area contributed by atoms with Gasteiger partial charge in [0.15, 0.2) is 0 Å². The molecule has 0 spiro atoms. The van der Waals surface area contributed by atoms with Crippen LogP contribution in [-0.2, 0) is 4.79 Å². The van der Waals surface area contributed by atoms with Crippen LogP contribution >= 0.6 is 11.3 Å². The maximum atomic E-state index is 12.9. The summed E-state index contributed by atoms with van der Waals surface area (Å²) < 4.78 is 1.17. The van der Waals surface area contributed by atoms with E-state index in [1.54, 1.807) is 11.3 Å². The first kappa shape index (κ1) is 19.2. The molecule has 3 aromatic rings. The van der Waals surface area contributed by atoms with E-state index >= 15 is 0 Å². The lowest BCUT2D eigenvalue weighted by Gasteiger charge is -2.43. The molecule has 2 fully saturated rings. The molecule has 5 rings (SSSR count). The Balaban J connectivity index is 1.24. The molecular formula is C23H24N4O2S. The maximum absolute atomic E-state index is 12.9. The van der Waals surface area contributed by atoms with Crippen molar-refractivity contribution in [3.05, 3.63) is 53.5 Å². The minimum absolute atomic E-state index is 0.00899. The average molecular weight is 421 g/mol. The Hall–Kier alpha value is -2.77. The molecule has 7 heteroatoms. The molecule has 1 aliphatic heterocycles. The summed E-state index contributed by atoms with van der Waals surface area (Å²) in [5.74, 6) is 0.0528. The lowest BCUT2D eigenvalue weighted by molar-refractivity contribution is -0.141. The highest BCUT2D eigenvalue weighted by atomic mass is 32.1. The van der Waals surface area contributed by atoms with Crippen LogP contribution in [0.4, 0.5) is 0 Å². The zero-order valence-electron chi connectivity index (χ0n) is 16.7. The topological polar surface area (TPSA) is 79.5 Å². The Morgan fingerprint density at radius 1 is 0.933 bits per heavy atom. The third-order valence-electron chi connectivity index (χ3n) is 6.32. The summed E-state index contributed by atoms with van der Waals surface area (Å²) in [5, 5.41) is 0. The number of thiazole rings is 1. The number of hydrogen-bond donors (Lipinski definition) is 1. The van der Waals surface area contributed by atoms with E-state index in [1.807, 2.05) is 39.6 Å². The SMILES string of the molecule is NC1(C(=O)N2CCN(C(=O)c3ccc(-c4ccc5scnc5c4)cc3)CC2)CCC1. The Morgan fingerprint density at radius 2 is 1.60 bits per heavy atom. The molecule has 2 aromatic carbocycles. The number of nitrogens with zero attached hydrogens (tertiary/aromatic N) is 3. The number of piperazine rings is 1. The van der Waals surface area contributed by atoms with Gasteiger partial charge in [0.05, 0.1) is 21.3 Å². The Kier molecular flexibility index (Phi) is 4.79. The van der Waals surface area contributed by atoms with Gasteiger partial charge < -0.3 is 15.5 Å². The highest BCUT2D eigenvalue weighted by Crippen LogP contribution is 2.31. The highest BCUT2D eigenvalue weighted by Gasteiger charge is 2.43. The van der Waals surface area contributed by atoms with E-state index < -0.39 is 5.54 Å². The van der Waals surface area contributed by atoms with Crippen molar-refractivity contribution >= 4 is 33.4 Å². The lowest BCUT2D eigenvalue weighted by atomic mass is 9.76. The van der Waals surface area contributed by atoms with E-state index in [4.69, 9.17) is 5.73 Å². The van der Waals surface area contributed by atoms with E-state index in [0.29, 0.717) is 31.7 Å². The summed E-state index contributed by atoms with van der Waals surface area (Å²) in [7, 11) is 0. The lowest BCUT2D eigenvalue weighted by Crippen LogP contribution is -2.62. The number of hydrogen-bond acceptors (Lipinski definition) is 5. The second-order valence-electron chi connectivity index (χ2n) is 8.21. The van der Waals surface area contributed by atoms with E-state index in [1.165, 1.54) is 4.70 Å². The highest BCUT2D eigenvalue weighted by molar-refractivity contribution is 7.16.